The van der Waals surface area contributed by atoms with E-state index in [1.807, 2.05) is 0 Å². The summed E-state index contributed by atoms with van der Waals surface area (Å²) in [5, 5.41) is 0. The van der Waals surface area contributed by atoms with Gasteiger partial charge in [0.1, 0.15) is 5.82 Å². The fourth-order valence-electron chi connectivity index (χ4n) is 2.54. The molecule has 0 atom stereocenters. The number of benzene rings is 1. The molecule has 0 bridgehead atoms. The van der Waals surface area contributed by atoms with Crippen LogP contribution in [0.25, 0.3) is 0 Å². The van der Waals surface area contributed by atoms with Gasteiger partial charge in [0.05, 0.1) is 0 Å². The van der Waals surface area contributed by atoms with Crippen molar-refractivity contribution in [3.05, 3.63) is 29.6 Å². The Balaban J connectivity index is 2.78. The average Bonchev–Trinajstić information content (AvgIpc) is 2.48. The molecular weight excluding hydrogens is 267 g/mol. The van der Waals surface area contributed by atoms with Gasteiger partial charge in [-0.25, -0.2) is 4.39 Å². The van der Waals surface area contributed by atoms with Crippen LogP contribution in [0.3, 0.4) is 0 Å². The third kappa shape index (κ3) is 5.12. The van der Waals surface area contributed by atoms with Crippen LogP contribution in [0.4, 0.5) is 10.1 Å². The van der Waals surface area contributed by atoms with E-state index < -0.39 is 0 Å². The Labute approximate surface area is 127 Å². The Kier molecular flexibility index (Phi) is 7.37. The first-order valence-electron chi connectivity index (χ1n) is 7.81. The highest BCUT2D eigenvalue weighted by Gasteiger charge is 2.14. The van der Waals surface area contributed by atoms with Crippen LogP contribution < -0.4 is 4.90 Å². The largest absolute Gasteiger partial charge is 0.371 e. The summed E-state index contributed by atoms with van der Waals surface area (Å²) in [6, 6.07) is 4.48. The SMILES string of the molecule is CCN(CC)CCCN(CC)c1ccc(F)cc1C(C)=O. The van der Waals surface area contributed by atoms with E-state index in [-0.39, 0.29) is 11.6 Å². The van der Waals surface area contributed by atoms with Gasteiger partial charge in [0.15, 0.2) is 5.78 Å². The second-order valence-electron chi connectivity index (χ2n) is 5.18. The molecule has 0 aromatic heterocycles. The van der Waals surface area contributed by atoms with Crippen molar-refractivity contribution in [2.24, 2.45) is 0 Å². The van der Waals surface area contributed by atoms with Gasteiger partial charge in [0.2, 0.25) is 0 Å². The van der Waals surface area contributed by atoms with E-state index in [1.54, 1.807) is 6.07 Å². The first kappa shape index (κ1) is 17.6. The van der Waals surface area contributed by atoms with Gasteiger partial charge in [-0.2, -0.15) is 0 Å². The van der Waals surface area contributed by atoms with Crippen molar-refractivity contribution in [3.63, 3.8) is 0 Å². The molecule has 0 spiro atoms. The average molecular weight is 294 g/mol. The molecule has 0 aliphatic heterocycles. The lowest BCUT2D eigenvalue weighted by molar-refractivity contribution is 0.101. The summed E-state index contributed by atoms with van der Waals surface area (Å²) in [5.41, 5.74) is 1.31. The van der Waals surface area contributed by atoms with Crippen molar-refractivity contribution in [1.29, 1.82) is 0 Å². The Morgan fingerprint density at radius 1 is 1.10 bits per heavy atom. The molecule has 3 nitrogen and oxygen atoms in total. The molecule has 0 amide bonds. The third-order valence-electron chi connectivity index (χ3n) is 3.86. The molecule has 0 N–H and O–H groups in total. The minimum Gasteiger partial charge on any atom is -0.371 e. The third-order valence-corrected chi connectivity index (χ3v) is 3.86. The van der Waals surface area contributed by atoms with Crippen LogP contribution in [0.2, 0.25) is 0 Å². The second kappa shape index (κ2) is 8.78. The smallest absolute Gasteiger partial charge is 0.161 e. The molecule has 0 saturated carbocycles. The first-order valence-corrected chi connectivity index (χ1v) is 7.81. The molecule has 1 aromatic rings. The summed E-state index contributed by atoms with van der Waals surface area (Å²) in [6.07, 6.45) is 1.03. The molecule has 0 saturated heterocycles. The summed E-state index contributed by atoms with van der Waals surface area (Å²) in [5.74, 6) is -0.449. The molecule has 0 aliphatic carbocycles. The number of hydrogen-bond donors (Lipinski definition) is 0. The Morgan fingerprint density at radius 3 is 2.29 bits per heavy atom. The van der Waals surface area contributed by atoms with Crippen molar-refractivity contribution in [2.75, 3.05) is 37.6 Å². The van der Waals surface area contributed by atoms with Gasteiger partial charge >= 0.3 is 0 Å². The Morgan fingerprint density at radius 2 is 1.76 bits per heavy atom. The summed E-state index contributed by atoms with van der Waals surface area (Å²) in [4.78, 5) is 16.2. The minimum atomic E-state index is -0.358. The summed E-state index contributed by atoms with van der Waals surface area (Å²) in [6.45, 7) is 12.7. The van der Waals surface area contributed by atoms with E-state index in [0.717, 1.165) is 44.8 Å². The molecule has 1 aromatic carbocycles. The second-order valence-corrected chi connectivity index (χ2v) is 5.18. The fourth-order valence-corrected chi connectivity index (χ4v) is 2.54. The highest BCUT2D eigenvalue weighted by molar-refractivity contribution is 5.99. The van der Waals surface area contributed by atoms with E-state index in [1.165, 1.54) is 19.1 Å². The zero-order valence-corrected chi connectivity index (χ0v) is 13.7. The number of hydrogen-bond acceptors (Lipinski definition) is 3. The molecule has 1 rings (SSSR count). The molecule has 21 heavy (non-hydrogen) atoms. The zero-order chi connectivity index (χ0) is 15.8. The van der Waals surface area contributed by atoms with Crippen LogP contribution in [0.1, 0.15) is 44.5 Å². The number of carbonyl (C=O) groups excluding carboxylic acids is 1. The van der Waals surface area contributed by atoms with Crippen LogP contribution in [-0.2, 0) is 0 Å². The van der Waals surface area contributed by atoms with Crippen molar-refractivity contribution in [2.45, 2.75) is 34.1 Å². The molecule has 0 fully saturated rings. The predicted octanol–water partition coefficient (Wildman–Crippen LogP) is 3.59. The molecule has 0 radical (unpaired) electrons. The van der Waals surface area contributed by atoms with Gasteiger partial charge in [0, 0.05) is 24.3 Å². The lowest BCUT2D eigenvalue weighted by atomic mass is 10.1. The van der Waals surface area contributed by atoms with E-state index in [0.29, 0.717) is 5.56 Å². The van der Waals surface area contributed by atoms with Gasteiger partial charge in [-0.05, 0) is 58.1 Å². The standard InChI is InChI=1S/C17H27FN2O/c1-5-19(6-2)11-8-12-20(7-3)17-10-9-15(18)13-16(17)14(4)21/h9-10,13H,5-8,11-12H2,1-4H3. The molecule has 118 valence electrons. The van der Waals surface area contributed by atoms with Crippen LogP contribution >= 0.6 is 0 Å². The Bertz CT molecular complexity index is 458. The van der Waals surface area contributed by atoms with Gasteiger partial charge in [-0.15, -0.1) is 0 Å². The zero-order valence-electron chi connectivity index (χ0n) is 13.7. The summed E-state index contributed by atoms with van der Waals surface area (Å²) < 4.78 is 13.3. The van der Waals surface area contributed by atoms with Crippen LogP contribution in [0.15, 0.2) is 18.2 Å². The molecule has 0 heterocycles. The first-order chi connectivity index (χ1) is 10.0. The molecule has 0 unspecified atom stereocenters. The maximum Gasteiger partial charge on any atom is 0.161 e. The lowest BCUT2D eigenvalue weighted by Gasteiger charge is -2.27. The van der Waals surface area contributed by atoms with Crippen LogP contribution in [0.5, 0.6) is 0 Å². The highest BCUT2D eigenvalue weighted by Crippen LogP contribution is 2.22. The summed E-state index contributed by atoms with van der Waals surface area (Å²) in [7, 11) is 0. The van der Waals surface area contributed by atoms with Crippen LogP contribution in [-0.4, -0.2) is 43.4 Å². The summed E-state index contributed by atoms with van der Waals surface area (Å²) >= 11 is 0. The van der Waals surface area contributed by atoms with Crippen LogP contribution in [0, 0.1) is 5.82 Å². The van der Waals surface area contributed by atoms with Gasteiger partial charge in [0.25, 0.3) is 0 Å². The maximum absolute atomic E-state index is 13.3. The minimum absolute atomic E-state index is 0.0910. The highest BCUT2D eigenvalue weighted by atomic mass is 19.1. The number of rotatable bonds is 9. The van der Waals surface area contributed by atoms with E-state index in [2.05, 4.69) is 30.6 Å². The number of halogens is 1. The van der Waals surface area contributed by atoms with Crippen molar-refractivity contribution in [3.8, 4) is 0 Å². The predicted molar refractivity (Wildman–Crippen MR) is 86.7 cm³/mol. The number of ketones is 1. The van der Waals surface area contributed by atoms with E-state index in [9.17, 15) is 9.18 Å². The van der Waals surface area contributed by atoms with Crippen molar-refractivity contribution >= 4 is 11.5 Å². The number of anilines is 1. The Hall–Kier alpha value is -1.42. The molecule has 0 aliphatic rings. The number of Topliss-reactive ketones (excluding diaryl/α,β-unsaturated/α-hetero) is 1. The fraction of sp³-hybridized carbons (Fsp3) is 0.588. The lowest BCUT2D eigenvalue weighted by Crippen LogP contribution is -2.30. The monoisotopic (exact) mass is 294 g/mol. The molecule has 4 heteroatoms. The maximum atomic E-state index is 13.3. The van der Waals surface area contributed by atoms with E-state index in [4.69, 9.17) is 0 Å². The topological polar surface area (TPSA) is 23.6 Å². The van der Waals surface area contributed by atoms with Gasteiger partial charge in [-0.1, -0.05) is 13.8 Å². The number of carbonyl (C=O) groups is 1. The van der Waals surface area contributed by atoms with Crippen molar-refractivity contribution < 1.29 is 9.18 Å². The van der Waals surface area contributed by atoms with E-state index >= 15 is 0 Å². The molecular formula is C17H27FN2O. The van der Waals surface area contributed by atoms with Gasteiger partial charge in [-0.3, -0.25) is 4.79 Å². The quantitative estimate of drug-likeness (QED) is 0.650. The van der Waals surface area contributed by atoms with Crippen molar-refractivity contribution in [1.82, 2.24) is 4.90 Å². The number of nitrogens with zero attached hydrogens (tertiary/aromatic N) is 2. The normalized spacial score (nSPS) is 11.0. The van der Waals surface area contributed by atoms with Gasteiger partial charge < -0.3 is 9.80 Å².